The summed E-state index contributed by atoms with van der Waals surface area (Å²) in [7, 11) is 3.77. The van der Waals surface area contributed by atoms with E-state index in [4.69, 9.17) is 5.73 Å². The lowest BCUT2D eigenvalue weighted by molar-refractivity contribution is -0.118. The second-order valence-corrected chi connectivity index (χ2v) is 6.15. The van der Waals surface area contributed by atoms with Gasteiger partial charge in [-0.3, -0.25) is 4.79 Å². The zero-order valence-electron chi connectivity index (χ0n) is 12.6. The first-order valence-electron chi connectivity index (χ1n) is 7.58. The maximum atomic E-state index is 11.9. The summed E-state index contributed by atoms with van der Waals surface area (Å²) in [6.07, 6.45) is 3.84. The number of aliphatic hydroxyl groups excluding tert-OH is 1. The van der Waals surface area contributed by atoms with Gasteiger partial charge in [0, 0.05) is 25.3 Å². The SMILES string of the molecule is CN1C(=O)C(N)c2ccc(N(C)C3CCCCC3O)cc21. The molecule has 3 unspecified atom stereocenters. The number of hydrogen-bond donors (Lipinski definition) is 2. The number of amides is 1. The summed E-state index contributed by atoms with van der Waals surface area (Å²) in [5, 5.41) is 10.2. The fourth-order valence-corrected chi connectivity index (χ4v) is 3.50. The van der Waals surface area contributed by atoms with Crippen LogP contribution in [0.15, 0.2) is 18.2 Å². The van der Waals surface area contributed by atoms with Crippen molar-refractivity contribution < 1.29 is 9.90 Å². The van der Waals surface area contributed by atoms with Crippen molar-refractivity contribution in [1.29, 1.82) is 0 Å². The fourth-order valence-electron chi connectivity index (χ4n) is 3.50. The van der Waals surface area contributed by atoms with Crippen molar-refractivity contribution in [2.45, 2.75) is 43.9 Å². The van der Waals surface area contributed by atoms with Gasteiger partial charge >= 0.3 is 0 Å². The first-order chi connectivity index (χ1) is 10.0. The number of anilines is 2. The van der Waals surface area contributed by atoms with E-state index in [-0.39, 0.29) is 18.1 Å². The number of carbonyl (C=O) groups excluding carboxylic acids is 1. The van der Waals surface area contributed by atoms with E-state index in [1.165, 1.54) is 0 Å². The summed E-state index contributed by atoms with van der Waals surface area (Å²) in [5.41, 5.74) is 8.70. The second-order valence-electron chi connectivity index (χ2n) is 6.15. The van der Waals surface area contributed by atoms with Crippen LogP contribution in [0.25, 0.3) is 0 Å². The molecule has 2 aliphatic rings. The van der Waals surface area contributed by atoms with E-state index in [0.717, 1.165) is 42.6 Å². The third-order valence-corrected chi connectivity index (χ3v) is 4.91. The summed E-state index contributed by atoms with van der Waals surface area (Å²) < 4.78 is 0. The highest BCUT2D eigenvalue weighted by molar-refractivity contribution is 6.04. The van der Waals surface area contributed by atoms with Crippen molar-refractivity contribution in [2.24, 2.45) is 5.73 Å². The predicted octanol–water partition coefficient (Wildman–Crippen LogP) is 1.40. The van der Waals surface area contributed by atoms with E-state index in [2.05, 4.69) is 4.90 Å². The molecule has 1 heterocycles. The van der Waals surface area contributed by atoms with E-state index in [0.29, 0.717) is 0 Å². The Hall–Kier alpha value is -1.59. The third kappa shape index (κ3) is 2.30. The van der Waals surface area contributed by atoms with Gasteiger partial charge in [-0.2, -0.15) is 0 Å². The maximum absolute atomic E-state index is 11.9. The van der Waals surface area contributed by atoms with Gasteiger partial charge in [-0.1, -0.05) is 18.9 Å². The molecule has 1 saturated carbocycles. The zero-order chi connectivity index (χ0) is 15.1. The van der Waals surface area contributed by atoms with Crippen LogP contribution in [0.4, 0.5) is 11.4 Å². The van der Waals surface area contributed by atoms with Crippen molar-refractivity contribution in [3.05, 3.63) is 23.8 Å². The maximum Gasteiger partial charge on any atom is 0.248 e. The number of carbonyl (C=O) groups is 1. The van der Waals surface area contributed by atoms with Crippen LogP contribution in [0.2, 0.25) is 0 Å². The van der Waals surface area contributed by atoms with Gasteiger partial charge in [0.25, 0.3) is 0 Å². The van der Waals surface area contributed by atoms with Gasteiger partial charge in [0.2, 0.25) is 5.91 Å². The Balaban J connectivity index is 1.89. The molecule has 1 aliphatic carbocycles. The molecule has 0 radical (unpaired) electrons. The molecule has 1 amide bonds. The molecule has 5 heteroatoms. The minimum Gasteiger partial charge on any atom is -0.391 e. The molecular weight excluding hydrogens is 266 g/mol. The first kappa shape index (κ1) is 14.4. The van der Waals surface area contributed by atoms with Crippen LogP contribution in [0, 0.1) is 0 Å². The smallest absolute Gasteiger partial charge is 0.248 e. The quantitative estimate of drug-likeness (QED) is 0.863. The van der Waals surface area contributed by atoms with Crippen molar-refractivity contribution in [3.63, 3.8) is 0 Å². The Labute approximate surface area is 125 Å². The van der Waals surface area contributed by atoms with Crippen molar-refractivity contribution in [2.75, 3.05) is 23.9 Å². The summed E-state index contributed by atoms with van der Waals surface area (Å²) in [5.74, 6) is -0.0671. The Morgan fingerprint density at radius 2 is 2.05 bits per heavy atom. The average Bonchev–Trinajstić information content (AvgIpc) is 2.71. The van der Waals surface area contributed by atoms with Crippen LogP contribution in [-0.4, -0.2) is 37.3 Å². The topological polar surface area (TPSA) is 69.8 Å². The number of likely N-dealkylation sites (N-methyl/N-ethyl adjacent to an activating group) is 2. The largest absolute Gasteiger partial charge is 0.391 e. The number of aliphatic hydroxyl groups is 1. The van der Waals surface area contributed by atoms with E-state index in [1.54, 1.807) is 11.9 Å². The highest BCUT2D eigenvalue weighted by Crippen LogP contribution is 2.37. The average molecular weight is 289 g/mol. The number of benzene rings is 1. The molecular formula is C16H23N3O2. The van der Waals surface area contributed by atoms with Crippen LogP contribution in [0.5, 0.6) is 0 Å². The second kappa shape index (κ2) is 5.31. The van der Waals surface area contributed by atoms with Crippen molar-refractivity contribution >= 4 is 17.3 Å². The molecule has 21 heavy (non-hydrogen) atoms. The standard InChI is InChI=1S/C16H23N3O2/c1-18(12-5-3-4-6-14(12)20)10-7-8-11-13(9-10)19(2)16(21)15(11)17/h7-9,12,14-15,20H,3-6,17H2,1-2H3. The van der Waals surface area contributed by atoms with E-state index >= 15 is 0 Å². The molecule has 1 fully saturated rings. The number of nitrogens with two attached hydrogens (primary N) is 1. The van der Waals surface area contributed by atoms with Gasteiger partial charge in [-0.25, -0.2) is 0 Å². The summed E-state index contributed by atoms with van der Waals surface area (Å²) in [6, 6.07) is 5.52. The van der Waals surface area contributed by atoms with Crippen LogP contribution >= 0.6 is 0 Å². The first-order valence-corrected chi connectivity index (χ1v) is 7.58. The van der Waals surface area contributed by atoms with E-state index in [9.17, 15) is 9.90 Å². The highest BCUT2D eigenvalue weighted by Gasteiger charge is 2.33. The summed E-state index contributed by atoms with van der Waals surface area (Å²) >= 11 is 0. The van der Waals surface area contributed by atoms with E-state index in [1.807, 2.05) is 25.2 Å². The van der Waals surface area contributed by atoms with Gasteiger partial charge in [0.15, 0.2) is 0 Å². The van der Waals surface area contributed by atoms with Crippen LogP contribution in [0.3, 0.4) is 0 Å². The minimum absolute atomic E-state index is 0.0671. The van der Waals surface area contributed by atoms with Gasteiger partial charge in [-0.05, 0) is 25.0 Å². The molecule has 5 nitrogen and oxygen atoms in total. The van der Waals surface area contributed by atoms with Gasteiger partial charge in [0.1, 0.15) is 6.04 Å². The van der Waals surface area contributed by atoms with Gasteiger partial charge in [-0.15, -0.1) is 0 Å². The predicted molar refractivity (Wildman–Crippen MR) is 83.4 cm³/mol. The fraction of sp³-hybridized carbons (Fsp3) is 0.562. The molecule has 1 aliphatic heterocycles. The molecule has 3 rings (SSSR count). The normalized spacial score (nSPS) is 28.7. The molecule has 1 aromatic rings. The van der Waals surface area contributed by atoms with Gasteiger partial charge in [0.05, 0.1) is 17.8 Å². The number of nitrogens with zero attached hydrogens (tertiary/aromatic N) is 2. The molecule has 3 N–H and O–H groups in total. The van der Waals surface area contributed by atoms with Crippen LogP contribution in [0.1, 0.15) is 37.3 Å². The lowest BCUT2D eigenvalue weighted by atomic mass is 9.91. The minimum atomic E-state index is -0.551. The molecule has 0 aromatic heterocycles. The molecule has 1 aromatic carbocycles. The van der Waals surface area contributed by atoms with Crippen LogP contribution in [-0.2, 0) is 4.79 Å². The Morgan fingerprint density at radius 1 is 1.33 bits per heavy atom. The van der Waals surface area contributed by atoms with Crippen molar-refractivity contribution in [3.8, 4) is 0 Å². The molecule has 0 saturated heterocycles. The van der Waals surface area contributed by atoms with Crippen molar-refractivity contribution in [1.82, 2.24) is 0 Å². The lowest BCUT2D eigenvalue weighted by Crippen LogP contribution is -2.43. The number of rotatable bonds is 2. The lowest BCUT2D eigenvalue weighted by Gasteiger charge is -2.37. The molecule has 0 bridgehead atoms. The monoisotopic (exact) mass is 289 g/mol. The Kier molecular flexibility index (Phi) is 3.63. The van der Waals surface area contributed by atoms with E-state index < -0.39 is 6.04 Å². The molecule has 0 spiro atoms. The summed E-state index contributed by atoms with van der Waals surface area (Å²) in [6.45, 7) is 0. The Morgan fingerprint density at radius 3 is 2.76 bits per heavy atom. The third-order valence-electron chi connectivity index (χ3n) is 4.91. The number of fused-ring (bicyclic) bond motifs is 1. The zero-order valence-corrected chi connectivity index (χ0v) is 12.6. The van der Waals surface area contributed by atoms with Crippen LogP contribution < -0.4 is 15.5 Å². The highest BCUT2D eigenvalue weighted by atomic mass is 16.3. The molecule has 3 atom stereocenters. The molecule has 114 valence electrons. The number of hydrogen-bond acceptors (Lipinski definition) is 4. The summed E-state index contributed by atoms with van der Waals surface area (Å²) in [4.78, 5) is 15.7. The van der Waals surface area contributed by atoms with Gasteiger partial charge < -0.3 is 20.6 Å². The Bertz CT molecular complexity index is 560.